The van der Waals surface area contributed by atoms with Crippen molar-refractivity contribution in [2.45, 2.75) is 23.8 Å². The van der Waals surface area contributed by atoms with Crippen LogP contribution in [0, 0.1) is 0 Å². The average molecular weight is 257 g/mol. The maximum absolute atomic E-state index is 6.17. The maximum Gasteiger partial charge on any atom is 0.138 e. The van der Waals surface area contributed by atoms with Crippen LogP contribution in [0.2, 0.25) is 5.02 Å². The molecular weight excluding hydrogens is 244 g/mol. The van der Waals surface area contributed by atoms with Gasteiger partial charge in [-0.3, -0.25) is 0 Å². The highest BCUT2D eigenvalue weighted by Crippen LogP contribution is 2.43. The molecule has 1 saturated carbocycles. The summed E-state index contributed by atoms with van der Waals surface area (Å²) < 4.78 is 8.56. The Morgan fingerprint density at radius 2 is 2.31 bits per heavy atom. The van der Waals surface area contributed by atoms with Gasteiger partial charge in [0.05, 0.1) is 29.4 Å². The van der Waals surface area contributed by atoms with Gasteiger partial charge in [0.1, 0.15) is 5.75 Å². The van der Waals surface area contributed by atoms with Crippen molar-refractivity contribution in [2.75, 3.05) is 18.7 Å². The zero-order chi connectivity index (χ0) is 11.1. The number of hydrogen-bond acceptors (Lipinski definition) is 4. The van der Waals surface area contributed by atoms with Gasteiger partial charge in [0.2, 0.25) is 0 Å². The first-order chi connectivity index (χ1) is 7.79. The van der Waals surface area contributed by atoms with E-state index in [0.717, 1.165) is 12.4 Å². The Hall–Kier alpha value is -0.580. The molecule has 0 bridgehead atoms. The minimum absolute atomic E-state index is 0.689. The summed E-state index contributed by atoms with van der Waals surface area (Å²) in [4.78, 5) is 3.58. The lowest BCUT2D eigenvalue weighted by Crippen LogP contribution is -2.36. The first-order valence-electron chi connectivity index (χ1n) is 5.33. The maximum atomic E-state index is 6.17. The van der Waals surface area contributed by atoms with Crippen molar-refractivity contribution in [3.8, 4) is 5.75 Å². The highest BCUT2D eigenvalue weighted by molar-refractivity contribution is 7.97. The summed E-state index contributed by atoms with van der Waals surface area (Å²) in [6.07, 6.45) is 2.57. The van der Waals surface area contributed by atoms with Crippen molar-refractivity contribution in [1.82, 2.24) is 4.72 Å². The van der Waals surface area contributed by atoms with Gasteiger partial charge in [-0.05, 0) is 36.9 Å². The van der Waals surface area contributed by atoms with Crippen molar-refractivity contribution in [3.05, 3.63) is 17.2 Å². The molecular formula is C11H13ClN2OS. The average Bonchev–Trinajstić information content (AvgIpc) is 3.11. The third-order valence-corrected chi connectivity index (χ3v) is 4.06. The van der Waals surface area contributed by atoms with E-state index in [-0.39, 0.29) is 0 Å². The Kier molecular flexibility index (Phi) is 2.65. The largest absolute Gasteiger partial charge is 0.495 e. The highest BCUT2D eigenvalue weighted by Gasteiger charge is 2.32. The minimum atomic E-state index is 0.689. The summed E-state index contributed by atoms with van der Waals surface area (Å²) in [5, 5.41) is 0.689. The van der Waals surface area contributed by atoms with Gasteiger partial charge in [0.25, 0.3) is 0 Å². The van der Waals surface area contributed by atoms with E-state index in [9.17, 15) is 0 Å². The number of hydrogen-bond donors (Lipinski definition) is 1. The van der Waals surface area contributed by atoms with Gasteiger partial charge >= 0.3 is 0 Å². The van der Waals surface area contributed by atoms with Crippen molar-refractivity contribution >= 4 is 29.2 Å². The van der Waals surface area contributed by atoms with Crippen LogP contribution in [0.4, 0.5) is 5.69 Å². The molecule has 5 heteroatoms. The minimum Gasteiger partial charge on any atom is -0.495 e. The van der Waals surface area contributed by atoms with E-state index in [0.29, 0.717) is 11.1 Å². The first-order valence-corrected chi connectivity index (χ1v) is 6.53. The van der Waals surface area contributed by atoms with Crippen LogP contribution in [0.15, 0.2) is 17.0 Å². The molecule has 0 saturated heterocycles. The van der Waals surface area contributed by atoms with Crippen molar-refractivity contribution < 1.29 is 4.74 Å². The van der Waals surface area contributed by atoms with Crippen LogP contribution in [0.3, 0.4) is 0 Å². The summed E-state index contributed by atoms with van der Waals surface area (Å²) >= 11 is 7.82. The molecule has 1 aliphatic carbocycles. The summed E-state index contributed by atoms with van der Waals surface area (Å²) in [5.41, 5.74) is 1.23. The van der Waals surface area contributed by atoms with Crippen LogP contribution < -0.4 is 14.4 Å². The lowest BCUT2D eigenvalue weighted by molar-refractivity contribution is 0.414. The summed E-state index contributed by atoms with van der Waals surface area (Å²) in [7, 11) is 1.65. The quantitative estimate of drug-likeness (QED) is 0.823. The molecule has 86 valence electrons. The molecule has 1 fully saturated rings. The summed E-state index contributed by atoms with van der Waals surface area (Å²) in [5.74, 6) is 0.743. The van der Waals surface area contributed by atoms with Crippen LogP contribution in [0.5, 0.6) is 5.75 Å². The number of rotatable bonds is 2. The number of nitrogens with one attached hydrogen (secondary N) is 1. The fraction of sp³-hybridized carbons (Fsp3) is 0.455. The van der Waals surface area contributed by atoms with E-state index in [1.165, 1.54) is 23.4 Å². The van der Waals surface area contributed by atoms with Gasteiger partial charge in [0, 0.05) is 6.04 Å². The molecule has 0 amide bonds. The highest BCUT2D eigenvalue weighted by atomic mass is 35.5. The van der Waals surface area contributed by atoms with E-state index in [4.69, 9.17) is 16.3 Å². The molecule has 1 aromatic rings. The second-order valence-electron chi connectivity index (χ2n) is 4.06. The van der Waals surface area contributed by atoms with E-state index >= 15 is 0 Å². The number of methoxy groups -OCH3 is 1. The van der Waals surface area contributed by atoms with E-state index in [1.807, 2.05) is 12.1 Å². The number of halogens is 1. The number of anilines is 1. The fourth-order valence-electron chi connectivity index (χ4n) is 1.96. The van der Waals surface area contributed by atoms with Crippen molar-refractivity contribution in [2.24, 2.45) is 0 Å². The van der Waals surface area contributed by atoms with Crippen LogP contribution in [0.1, 0.15) is 12.8 Å². The predicted octanol–water partition coefficient (Wildman–Crippen LogP) is 2.89. The number of benzene rings is 1. The number of nitrogens with zero attached hydrogens (tertiary/aromatic N) is 1. The number of fused-ring (bicyclic) bond motifs is 1. The van der Waals surface area contributed by atoms with E-state index in [2.05, 4.69) is 9.62 Å². The van der Waals surface area contributed by atoms with Crippen molar-refractivity contribution in [3.63, 3.8) is 0 Å². The zero-order valence-electron chi connectivity index (χ0n) is 9.00. The van der Waals surface area contributed by atoms with Crippen molar-refractivity contribution in [1.29, 1.82) is 0 Å². The molecule has 0 spiro atoms. The predicted molar refractivity (Wildman–Crippen MR) is 67.4 cm³/mol. The topological polar surface area (TPSA) is 24.5 Å². The molecule has 16 heavy (non-hydrogen) atoms. The second-order valence-corrected chi connectivity index (χ2v) is 5.40. The lowest BCUT2D eigenvalue weighted by Gasteiger charge is -2.31. The fourth-order valence-corrected chi connectivity index (χ4v) is 3.00. The Morgan fingerprint density at radius 1 is 1.50 bits per heavy atom. The molecule has 1 heterocycles. The van der Waals surface area contributed by atoms with E-state index in [1.54, 1.807) is 19.1 Å². The third-order valence-electron chi connectivity index (χ3n) is 2.95. The smallest absolute Gasteiger partial charge is 0.138 e. The molecule has 0 unspecified atom stereocenters. The molecule has 1 aromatic carbocycles. The normalized spacial score (nSPS) is 19.5. The Labute approximate surface area is 104 Å². The molecule has 1 aliphatic heterocycles. The first kappa shape index (κ1) is 10.6. The Balaban J connectivity index is 2.03. The summed E-state index contributed by atoms with van der Waals surface area (Å²) in [6, 6.07) is 4.71. The van der Waals surface area contributed by atoms with Gasteiger partial charge in [-0.1, -0.05) is 11.6 Å². The zero-order valence-corrected chi connectivity index (χ0v) is 10.6. The summed E-state index contributed by atoms with van der Waals surface area (Å²) in [6.45, 7) is 0.894. The molecule has 1 N–H and O–H groups in total. The molecule has 0 atom stereocenters. The third kappa shape index (κ3) is 1.75. The van der Waals surface area contributed by atoms with Crippen LogP contribution in [0.25, 0.3) is 0 Å². The molecule has 0 aromatic heterocycles. The lowest BCUT2D eigenvalue weighted by atomic mass is 10.2. The van der Waals surface area contributed by atoms with E-state index < -0.39 is 0 Å². The monoisotopic (exact) mass is 256 g/mol. The molecule has 3 rings (SSSR count). The van der Waals surface area contributed by atoms with Gasteiger partial charge in [-0.2, -0.15) is 0 Å². The van der Waals surface area contributed by atoms with Crippen LogP contribution in [-0.4, -0.2) is 19.8 Å². The molecule has 3 nitrogen and oxygen atoms in total. The second kappa shape index (κ2) is 4.02. The Morgan fingerprint density at radius 3 is 3.00 bits per heavy atom. The van der Waals surface area contributed by atoms with Crippen LogP contribution >= 0.6 is 23.5 Å². The Bertz CT molecular complexity index is 423. The molecule has 0 radical (unpaired) electrons. The van der Waals surface area contributed by atoms with Gasteiger partial charge in [-0.25, -0.2) is 4.72 Å². The van der Waals surface area contributed by atoms with Gasteiger partial charge < -0.3 is 9.64 Å². The number of ether oxygens (including phenoxy) is 1. The van der Waals surface area contributed by atoms with Gasteiger partial charge in [-0.15, -0.1) is 0 Å². The van der Waals surface area contributed by atoms with Gasteiger partial charge in [0.15, 0.2) is 0 Å². The standard InChI is InChI=1S/C11H13ClN2OS/c1-15-10-5-11-9(4-8(10)12)14(6-13-16-11)7-2-3-7/h4-5,7,13H,2-3,6H2,1H3. The molecule has 2 aliphatic rings. The van der Waals surface area contributed by atoms with Crippen LogP contribution in [-0.2, 0) is 0 Å². The SMILES string of the molecule is COc1cc2c(cc1Cl)N(C1CC1)CNS2.